The second kappa shape index (κ2) is 6.91. The summed E-state index contributed by atoms with van der Waals surface area (Å²) in [5, 5.41) is 10.1. The van der Waals surface area contributed by atoms with Crippen LogP contribution in [-0.4, -0.2) is 16.6 Å². The van der Waals surface area contributed by atoms with Crippen molar-refractivity contribution >= 4 is 33.2 Å². The van der Waals surface area contributed by atoms with Crippen molar-refractivity contribution < 1.29 is 4.74 Å². The first-order chi connectivity index (χ1) is 12.0. The maximum absolute atomic E-state index is 12.4. The normalized spacial score (nSPS) is 11.5. The van der Waals surface area contributed by atoms with Crippen LogP contribution in [0.2, 0.25) is 0 Å². The number of nitrogens with zero attached hydrogens (tertiary/aromatic N) is 2. The molecule has 0 aliphatic carbocycles. The average molecular weight is 351 g/mol. The van der Waals surface area contributed by atoms with Gasteiger partial charge in [0.2, 0.25) is 0 Å². The molecule has 3 rings (SSSR count). The van der Waals surface area contributed by atoms with Gasteiger partial charge in [0.15, 0.2) is 5.82 Å². The molecule has 0 spiro atoms. The standard InChI is InChI=1S/C19H17N3O2S/c1-4-24-15-7-5-13(6-8-15)9-14(10-20)17-21-18(23)16-11(2)12(3)25-19(16)22-17/h5-9H,4H2,1-3H3,(H,21,22,23)/b14-9+. The molecule has 1 N–H and O–H groups in total. The van der Waals surface area contributed by atoms with E-state index in [9.17, 15) is 10.1 Å². The summed E-state index contributed by atoms with van der Waals surface area (Å²) in [4.78, 5) is 21.3. The smallest absolute Gasteiger partial charge is 0.260 e. The van der Waals surface area contributed by atoms with E-state index in [0.717, 1.165) is 21.8 Å². The highest BCUT2D eigenvalue weighted by Gasteiger charge is 2.13. The molecular weight excluding hydrogens is 334 g/mol. The van der Waals surface area contributed by atoms with Crippen molar-refractivity contribution in [2.45, 2.75) is 20.8 Å². The summed E-state index contributed by atoms with van der Waals surface area (Å²) in [5.74, 6) is 1.06. The third-order valence-corrected chi connectivity index (χ3v) is 5.02. The lowest BCUT2D eigenvalue weighted by Gasteiger charge is -2.03. The summed E-state index contributed by atoms with van der Waals surface area (Å²) >= 11 is 1.46. The van der Waals surface area contributed by atoms with E-state index in [0.29, 0.717) is 22.4 Å². The molecule has 0 amide bonds. The molecule has 1 aromatic carbocycles. The number of rotatable bonds is 4. The molecule has 0 aliphatic heterocycles. The van der Waals surface area contributed by atoms with Crippen LogP contribution in [0.15, 0.2) is 29.1 Å². The SMILES string of the molecule is CCOc1ccc(/C=C(\C#N)c2nc3sc(C)c(C)c3c(=O)[nH]2)cc1. The van der Waals surface area contributed by atoms with Crippen LogP contribution in [0.3, 0.4) is 0 Å². The molecule has 0 unspecified atom stereocenters. The number of allylic oxidation sites excluding steroid dienone is 1. The van der Waals surface area contributed by atoms with E-state index in [1.165, 1.54) is 11.3 Å². The van der Waals surface area contributed by atoms with Crippen LogP contribution in [0, 0.1) is 25.2 Å². The van der Waals surface area contributed by atoms with E-state index >= 15 is 0 Å². The Labute approximate surface area is 149 Å². The second-order valence-electron chi connectivity index (χ2n) is 5.55. The van der Waals surface area contributed by atoms with Crippen molar-refractivity contribution in [2.24, 2.45) is 0 Å². The van der Waals surface area contributed by atoms with Crippen LogP contribution in [0.1, 0.15) is 28.8 Å². The van der Waals surface area contributed by atoms with Crippen LogP contribution in [0.4, 0.5) is 0 Å². The van der Waals surface area contributed by atoms with E-state index in [1.54, 1.807) is 6.08 Å². The molecule has 0 saturated carbocycles. The maximum Gasteiger partial charge on any atom is 0.260 e. The highest BCUT2D eigenvalue weighted by Crippen LogP contribution is 2.27. The fourth-order valence-corrected chi connectivity index (χ4v) is 3.56. The van der Waals surface area contributed by atoms with Gasteiger partial charge in [-0.05, 0) is 50.1 Å². The van der Waals surface area contributed by atoms with Crippen molar-refractivity contribution in [2.75, 3.05) is 6.61 Å². The Morgan fingerprint density at radius 2 is 2.08 bits per heavy atom. The summed E-state index contributed by atoms with van der Waals surface area (Å²) in [6.07, 6.45) is 1.70. The highest BCUT2D eigenvalue weighted by molar-refractivity contribution is 7.18. The number of ether oxygens (including phenoxy) is 1. The predicted octanol–water partition coefficient (Wildman–Crippen LogP) is 4.06. The molecule has 2 heterocycles. The van der Waals surface area contributed by atoms with Gasteiger partial charge in [-0.15, -0.1) is 11.3 Å². The third-order valence-electron chi connectivity index (χ3n) is 3.92. The van der Waals surface area contributed by atoms with Crippen molar-refractivity contribution in [3.8, 4) is 11.8 Å². The number of hydrogen-bond donors (Lipinski definition) is 1. The zero-order chi connectivity index (χ0) is 18.0. The first kappa shape index (κ1) is 16.9. The molecule has 0 bridgehead atoms. The van der Waals surface area contributed by atoms with Gasteiger partial charge in [-0.25, -0.2) is 4.98 Å². The van der Waals surface area contributed by atoms with E-state index in [-0.39, 0.29) is 11.4 Å². The van der Waals surface area contributed by atoms with Gasteiger partial charge in [-0.2, -0.15) is 5.26 Å². The molecule has 0 atom stereocenters. The van der Waals surface area contributed by atoms with Crippen LogP contribution in [-0.2, 0) is 0 Å². The molecule has 0 fully saturated rings. The highest BCUT2D eigenvalue weighted by atomic mass is 32.1. The number of fused-ring (bicyclic) bond motifs is 1. The van der Waals surface area contributed by atoms with Gasteiger partial charge in [0.25, 0.3) is 5.56 Å². The molecule has 2 aromatic heterocycles. The fourth-order valence-electron chi connectivity index (χ4n) is 2.53. The Kier molecular flexibility index (Phi) is 4.68. The number of aryl methyl sites for hydroxylation is 2. The van der Waals surface area contributed by atoms with E-state index < -0.39 is 0 Å². The first-order valence-corrected chi connectivity index (χ1v) is 8.70. The molecule has 3 aromatic rings. The minimum atomic E-state index is -0.213. The number of H-pyrrole nitrogens is 1. The molecule has 0 aliphatic rings. The minimum absolute atomic E-state index is 0.213. The van der Waals surface area contributed by atoms with Crippen LogP contribution < -0.4 is 10.3 Å². The lowest BCUT2D eigenvalue weighted by molar-refractivity contribution is 0.340. The number of nitrogens with one attached hydrogen (secondary N) is 1. The number of nitriles is 1. The molecule has 5 nitrogen and oxygen atoms in total. The average Bonchev–Trinajstić information content (AvgIpc) is 2.89. The summed E-state index contributed by atoms with van der Waals surface area (Å²) in [5.41, 5.74) is 1.87. The van der Waals surface area contributed by atoms with Gasteiger partial charge < -0.3 is 9.72 Å². The van der Waals surface area contributed by atoms with Gasteiger partial charge in [0.1, 0.15) is 16.6 Å². The zero-order valence-corrected chi connectivity index (χ0v) is 15.0. The fraction of sp³-hybridized carbons (Fsp3) is 0.211. The number of aromatic amines is 1. The van der Waals surface area contributed by atoms with Crippen LogP contribution in [0.25, 0.3) is 21.9 Å². The Balaban J connectivity index is 2.05. The Morgan fingerprint density at radius 1 is 1.36 bits per heavy atom. The van der Waals surface area contributed by atoms with E-state index in [1.807, 2.05) is 45.0 Å². The molecular formula is C19H17N3O2S. The number of thiophene rings is 1. The van der Waals surface area contributed by atoms with Gasteiger partial charge >= 0.3 is 0 Å². The minimum Gasteiger partial charge on any atom is -0.494 e. The van der Waals surface area contributed by atoms with E-state index in [2.05, 4.69) is 16.0 Å². The van der Waals surface area contributed by atoms with E-state index in [4.69, 9.17) is 4.74 Å². The topological polar surface area (TPSA) is 78.8 Å². The lowest BCUT2D eigenvalue weighted by Crippen LogP contribution is -2.10. The van der Waals surface area contributed by atoms with Crippen LogP contribution in [0.5, 0.6) is 5.75 Å². The van der Waals surface area contributed by atoms with Crippen molar-refractivity contribution in [1.29, 1.82) is 5.26 Å². The maximum atomic E-state index is 12.4. The lowest BCUT2D eigenvalue weighted by atomic mass is 10.1. The van der Waals surface area contributed by atoms with Crippen molar-refractivity contribution in [3.63, 3.8) is 0 Å². The first-order valence-electron chi connectivity index (χ1n) is 7.88. The van der Waals surface area contributed by atoms with Crippen molar-refractivity contribution in [3.05, 3.63) is 56.4 Å². The molecule has 126 valence electrons. The molecule has 25 heavy (non-hydrogen) atoms. The number of aromatic nitrogens is 2. The monoisotopic (exact) mass is 351 g/mol. The summed E-state index contributed by atoms with van der Waals surface area (Å²) in [6.45, 7) is 6.39. The Morgan fingerprint density at radius 3 is 2.72 bits per heavy atom. The summed E-state index contributed by atoms with van der Waals surface area (Å²) in [6, 6.07) is 9.53. The quantitative estimate of drug-likeness (QED) is 0.719. The van der Waals surface area contributed by atoms with Gasteiger partial charge in [0.05, 0.1) is 17.6 Å². The zero-order valence-electron chi connectivity index (χ0n) is 14.2. The Bertz CT molecular complexity index is 1050. The van der Waals surface area contributed by atoms with Gasteiger partial charge in [0, 0.05) is 4.88 Å². The summed E-state index contributed by atoms with van der Waals surface area (Å²) in [7, 11) is 0. The molecule has 0 saturated heterocycles. The number of benzene rings is 1. The van der Waals surface area contributed by atoms with Crippen molar-refractivity contribution in [1.82, 2.24) is 9.97 Å². The second-order valence-corrected chi connectivity index (χ2v) is 6.75. The van der Waals surface area contributed by atoms with Gasteiger partial charge in [-0.3, -0.25) is 4.79 Å². The summed E-state index contributed by atoms with van der Waals surface area (Å²) < 4.78 is 5.41. The third kappa shape index (κ3) is 3.32. The Hall–Kier alpha value is -2.91. The molecule has 6 heteroatoms. The van der Waals surface area contributed by atoms with Gasteiger partial charge in [-0.1, -0.05) is 12.1 Å². The predicted molar refractivity (Wildman–Crippen MR) is 101 cm³/mol. The molecule has 0 radical (unpaired) electrons. The van der Waals surface area contributed by atoms with Crippen LogP contribution >= 0.6 is 11.3 Å². The largest absolute Gasteiger partial charge is 0.494 e. The number of hydrogen-bond acceptors (Lipinski definition) is 5.